The van der Waals surface area contributed by atoms with Gasteiger partial charge in [-0.15, -0.1) is 0 Å². The molecule has 9 heteroatoms. The van der Waals surface area contributed by atoms with Crippen LogP contribution in [-0.2, 0) is 4.79 Å². The van der Waals surface area contributed by atoms with Crippen LogP contribution >= 0.6 is 0 Å². The van der Waals surface area contributed by atoms with Crippen LogP contribution in [-0.4, -0.2) is 41.6 Å². The van der Waals surface area contributed by atoms with Gasteiger partial charge in [0.15, 0.2) is 0 Å². The maximum Gasteiger partial charge on any atom is 0.490 e. The summed E-state index contributed by atoms with van der Waals surface area (Å²) in [6.07, 6.45) is -3.90. The third-order valence-electron chi connectivity index (χ3n) is 2.20. The molecule has 0 unspecified atom stereocenters. The monoisotopic (exact) mass is 282 g/mol. The number of aryl methyl sites for hydroxylation is 1. The molecular formula is C10H13F3N2O4. The van der Waals surface area contributed by atoms with Crippen LogP contribution in [0.2, 0.25) is 0 Å². The molecule has 2 heterocycles. The van der Waals surface area contributed by atoms with Gasteiger partial charge in [-0.3, -0.25) is 0 Å². The van der Waals surface area contributed by atoms with Gasteiger partial charge in [0.1, 0.15) is 6.61 Å². The van der Waals surface area contributed by atoms with Gasteiger partial charge in [-0.2, -0.15) is 13.2 Å². The average Bonchev–Trinajstić information content (AvgIpc) is 2.61. The second-order valence-corrected chi connectivity index (χ2v) is 3.84. The van der Waals surface area contributed by atoms with Crippen molar-refractivity contribution in [2.24, 2.45) is 0 Å². The molecule has 1 aromatic rings. The highest BCUT2D eigenvalue weighted by atomic mass is 19.4. The summed E-state index contributed by atoms with van der Waals surface area (Å²) in [7, 11) is 0. The number of carbonyl (C=O) groups is 1. The lowest BCUT2D eigenvalue weighted by atomic mass is 10.1. The van der Waals surface area contributed by atoms with Crippen molar-refractivity contribution >= 4 is 5.97 Å². The number of aliphatic carboxylic acids is 1. The van der Waals surface area contributed by atoms with E-state index in [2.05, 4.69) is 10.5 Å². The second kappa shape index (κ2) is 6.41. The number of hydrogen-bond acceptors (Lipinski definition) is 5. The quantitative estimate of drug-likeness (QED) is 0.870. The Hall–Kier alpha value is -1.77. The van der Waals surface area contributed by atoms with Crippen molar-refractivity contribution in [3.05, 3.63) is 11.8 Å². The van der Waals surface area contributed by atoms with Gasteiger partial charge in [-0.25, -0.2) is 4.79 Å². The fourth-order valence-corrected chi connectivity index (χ4v) is 1.08. The van der Waals surface area contributed by atoms with E-state index in [0.717, 1.165) is 12.2 Å². The number of rotatable bonds is 3. The highest BCUT2D eigenvalue weighted by molar-refractivity contribution is 5.73. The molecule has 1 aromatic heterocycles. The molecule has 0 spiro atoms. The SMILES string of the molecule is Cc1cc(OC[C@@H]2CCN2)on1.O=C(O)C(F)(F)F. The van der Waals surface area contributed by atoms with Crippen molar-refractivity contribution in [1.82, 2.24) is 10.5 Å². The topological polar surface area (TPSA) is 84.6 Å². The van der Waals surface area contributed by atoms with Gasteiger partial charge < -0.3 is 19.7 Å². The van der Waals surface area contributed by atoms with Gasteiger partial charge in [-0.05, 0) is 19.9 Å². The van der Waals surface area contributed by atoms with Gasteiger partial charge in [0.2, 0.25) is 0 Å². The third kappa shape index (κ3) is 5.60. The number of ether oxygens (including phenoxy) is 1. The van der Waals surface area contributed by atoms with E-state index in [1.54, 1.807) is 6.07 Å². The summed E-state index contributed by atoms with van der Waals surface area (Å²) >= 11 is 0. The van der Waals surface area contributed by atoms with E-state index in [1.165, 1.54) is 6.42 Å². The van der Waals surface area contributed by atoms with Gasteiger partial charge in [0, 0.05) is 12.1 Å². The molecule has 0 bridgehead atoms. The van der Waals surface area contributed by atoms with Crippen LogP contribution in [0.4, 0.5) is 13.2 Å². The molecule has 2 N–H and O–H groups in total. The Morgan fingerprint density at radius 1 is 1.68 bits per heavy atom. The molecule has 6 nitrogen and oxygen atoms in total. The largest absolute Gasteiger partial charge is 0.490 e. The number of alkyl halides is 3. The zero-order valence-electron chi connectivity index (χ0n) is 10.0. The van der Waals surface area contributed by atoms with E-state index in [-0.39, 0.29) is 0 Å². The van der Waals surface area contributed by atoms with E-state index < -0.39 is 12.1 Å². The summed E-state index contributed by atoms with van der Waals surface area (Å²) in [4.78, 5) is 8.90. The summed E-state index contributed by atoms with van der Waals surface area (Å²) < 4.78 is 42.0. The molecule has 1 saturated heterocycles. The molecule has 0 radical (unpaired) electrons. The molecular weight excluding hydrogens is 269 g/mol. The maximum atomic E-state index is 10.6. The fourth-order valence-electron chi connectivity index (χ4n) is 1.08. The predicted octanol–water partition coefficient (Wildman–Crippen LogP) is 1.36. The lowest BCUT2D eigenvalue weighted by Crippen LogP contribution is -2.46. The molecule has 1 atom stereocenters. The van der Waals surface area contributed by atoms with Crippen molar-refractivity contribution in [3.8, 4) is 5.95 Å². The smallest absolute Gasteiger partial charge is 0.475 e. The van der Waals surface area contributed by atoms with E-state index in [9.17, 15) is 13.2 Å². The van der Waals surface area contributed by atoms with Gasteiger partial charge in [-0.1, -0.05) is 5.16 Å². The lowest BCUT2D eigenvalue weighted by Gasteiger charge is -2.26. The molecule has 1 aliphatic heterocycles. The zero-order chi connectivity index (χ0) is 14.5. The van der Waals surface area contributed by atoms with Crippen LogP contribution in [0.15, 0.2) is 10.6 Å². The van der Waals surface area contributed by atoms with Gasteiger partial charge in [0.25, 0.3) is 0 Å². The molecule has 0 aromatic carbocycles. The summed E-state index contributed by atoms with van der Waals surface area (Å²) in [6, 6.07) is 2.29. The average molecular weight is 282 g/mol. The Bertz CT molecular complexity index is 415. The summed E-state index contributed by atoms with van der Waals surface area (Å²) in [6.45, 7) is 3.65. The highest BCUT2D eigenvalue weighted by Gasteiger charge is 2.38. The first-order valence-electron chi connectivity index (χ1n) is 5.38. The van der Waals surface area contributed by atoms with E-state index in [4.69, 9.17) is 19.2 Å². The van der Waals surface area contributed by atoms with Crippen molar-refractivity contribution in [2.45, 2.75) is 25.6 Å². The third-order valence-corrected chi connectivity index (χ3v) is 2.20. The maximum absolute atomic E-state index is 10.6. The van der Waals surface area contributed by atoms with Crippen LogP contribution in [0.25, 0.3) is 0 Å². The summed E-state index contributed by atoms with van der Waals surface area (Å²) in [5.74, 6) is -2.24. The van der Waals surface area contributed by atoms with Crippen LogP contribution in [0.3, 0.4) is 0 Å². The Kier molecular flexibility index (Phi) is 5.16. The first-order valence-corrected chi connectivity index (χ1v) is 5.38. The first kappa shape index (κ1) is 15.3. The number of aromatic nitrogens is 1. The van der Waals surface area contributed by atoms with Crippen LogP contribution in [0.5, 0.6) is 5.95 Å². The molecule has 0 amide bonds. The van der Waals surface area contributed by atoms with Crippen molar-refractivity contribution in [1.29, 1.82) is 0 Å². The number of carboxylic acids is 1. The van der Waals surface area contributed by atoms with Gasteiger partial charge >= 0.3 is 18.1 Å². The molecule has 0 saturated carbocycles. The fraction of sp³-hybridized carbons (Fsp3) is 0.600. The Labute approximate surface area is 106 Å². The lowest BCUT2D eigenvalue weighted by molar-refractivity contribution is -0.192. The Morgan fingerprint density at radius 2 is 2.26 bits per heavy atom. The number of carboxylic acid groups (broad SMARTS) is 1. The summed E-state index contributed by atoms with van der Waals surface area (Å²) in [5, 5.41) is 14.1. The van der Waals surface area contributed by atoms with Crippen molar-refractivity contribution in [2.75, 3.05) is 13.2 Å². The van der Waals surface area contributed by atoms with Crippen LogP contribution in [0, 0.1) is 6.92 Å². The minimum absolute atomic E-state index is 0.496. The van der Waals surface area contributed by atoms with Crippen molar-refractivity contribution < 1.29 is 32.3 Å². The van der Waals surface area contributed by atoms with Gasteiger partial charge in [0.05, 0.1) is 5.69 Å². The normalized spacial score (nSPS) is 18.0. The molecule has 2 rings (SSSR count). The minimum atomic E-state index is -5.08. The molecule has 19 heavy (non-hydrogen) atoms. The highest BCUT2D eigenvalue weighted by Crippen LogP contribution is 2.13. The second-order valence-electron chi connectivity index (χ2n) is 3.84. The van der Waals surface area contributed by atoms with E-state index in [0.29, 0.717) is 18.6 Å². The predicted molar refractivity (Wildman–Crippen MR) is 56.8 cm³/mol. The molecule has 0 aliphatic carbocycles. The van der Waals surface area contributed by atoms with Crippen molar-refractivity contribution in [3.63, 3.8) is 0 Å². The minimum Gasteiger partial charge on any atom is -0.475 e. The standard InChI is InChI=1S/C8H12N2O2.C2HF3O2/c1-6-4-8(12-10-6)11-5-7-2-3-9-7;3-2(4,5)1(6)7/h4,7,9H,2-3,5H2,1H3;(H,6,7)/t7-;/m0./s1. The summed E-state index contributed by atoms with van der Waals surface area (Å²) in [5.41, 5.74) is 0.853. The van der Waals surface area contributed by atoms with Crippen LogP contribution in [0.1, 0.15) is 12.1 Å². The zero-order valence-corrected chi connectivity index (χ0v) is 10.0. The first-order chi connectivity index (χ1) is 8.79. The molecule has 108 valence electrons. The van der Waals surface area contributed by atoms with Crippen LogP contribution < -0.4 is 10.1 Å². The number of nitrogens with zero attached hydrogens (tertiary/aromatic N) is 1. The van der Waals surface area contributed by atoms with E-state index >= 15 is 0 Å². The number of nitrogens with one attached hydrogen (secondary N) is 1. The number of halogens is 3. The Morgan fingerprint density at radius 3 is 2.58 bits per heavy atom. The molecule has 1 fully saturated rings. The Balaban J connectivity index is 0.000000224. The number of hydrogen-bond donors (Lipinski definition) is 2. The molecule has 1 aliphatic rings. The van der Waals surface area contributed by atoms with E-state index in [1.807, 2.05) is 6.92 Å².